The highest BCUT2D eigenvalue weighted by molar-refractivity contribution is 6.32. The lowest BCUT2D eigenvalue weighted by molar-refractivity contribution is -0.142. The summed E-state index contributed by atoms with van der Waals surface area (Å²) in [6.07, 6.45) is 0.691. The third-order valence-electron chi connectivity index (χ3n) is 4.69. The predicted octanol–water partition coefficient (Wildman–Crippen LogP) is 3.30. The van der Waals surface area contributed by atoms with Crippen LogP contribution < -0.4 is 14.8 Å². The molecule has 0 heterocycles. The van der Waals surface area contributed by atoms with Gasteiger partial charge in [-0.25, -0.2) is 0 Å². The molecular formula is C23H29ClN2O5. The molecule has 1 N–H and O–H groups in total. The van der Waals surface area contributed by atoms with E-state index in [9.17, 15) is 9.59 Å². The molecule has 1 atom stereocenters. The number of carbonyl (C=O) groups excluding carboxylic acids is 2. The van der Waals surface area contributed by atoms with Crippen LogP contribution in [0, 0.1) is 0 Å². The van der Waals surface area contributed by atoms with E-state index in [0.29, 0.717) is 36.1 Å². The average Bonchev–Trinajstić information content (AvgIpc) is 2.79. The number of hydrogen-bond acceptors (Lipinski definition) is 5. The SMILES string of the molecule is COCCCNC(=O)C(C)N(Cc1ccc(OC)cc1)C(=O)COc1ccccc1Cl. The maximum absolute atomic E-state index is 13.0. The minimum absolute atomic E-state index is 0.235. The Morgan fingerprint density at radius 1 is 1.10 bits per heavy atom. The molecule has 1 unspecified atom stereocenters. The number of rotatable bonds is 12. The molecule has 0 radical (unpaired) electrons. The highest BCUT2D eigenvalue weighted by atomic mass is 35.5. The van der Waals surface area contributed by atoms with Crippen molar-refractivity contribution in [2.24, 2.45) is 0 Å². The highest BCUT2D eigenvalue weighted by Crippen LogP contribution is 2.23. The van der Waals surface area contributed by atoms with Crippen molar-refractivity contribution in [3.63, 3.8) is 0 Å². The molecule has 0 aliphatic rings. The fraction of sp³-hybridized carbons (Fsp3) is 0.391. The molecular weight excluding hydrogens is 420 g/mol. The molecule has 2 aromatic rings. The lowest BCUT2D eigenvalue weighted by atomic mass is 10.1. The summed E-state index contributed by atoms with van der Waals surface area (Å²) >= 11 is 6.11. The smallest absolute Gasteiger partial charge is 0.261 e. The fourth-order valence-corrected chi connectivity index (χ4v) is 3.06. The van der Waals surface area contributed by atoms with Crippen LogP contribution in [0.5, 0.6) is 11.5 Å². The zero-order valence-corrected chi connectivity index (χ0v) is 18.9. The molecule has 8 heteroatoms. The number of benzene rings is 2. The predicted molar refractivity (Wildman–Crippen MR) is 119 cm³/mol. The summed E-state index contributed by atoms with van der Waals surface area (Å²) in [5.41, 5.74) is 0.867. The number of carbonyl (C=O) groups is 2. The van der Waals surface area contributed by atoms with Crippen LogP contribution in [0.1, 0.15) is 18.9 Å². The van der Waals surface area contributed by atoms with Crippen molar-refractivity contribution < 1.29 is 23.8 Å². The first kappa shape index (κ1) is 24.5. The molecule has 0 spiro atoms. The van der Waals surface area contributed by atoms with Gasteiger partial charge in [0.25, 0.3) is 5.91 Å². The second-order valence-electron chi connectivity index (χ2n) is 6.90. The standard InChI is InChI=1S/C23H29ClN2O5/c1-17(23(28)25-13-6-14-29-2)26(15-18-9-11-19(30-3)12-10-18)22(27)16-31-21-8-5-4-7-20(21)24/h4-5,7-12,17H,6,13-16H2,1-3H3,(H,25,28). The topological polar surface area (TPSA) is 77.1 Å². The second kappa shape index (κ2) is 12.8. The van der Waals surface area contributed by atoms with E-state index in [0.717, 1.165) is 5.56 Å². The van der Waals surface area contributed by atoms with Crippen molar-refractivity contribution in [3.8, 4) is 11.5 Å². The first-order chi connectivity index (χ1) is 15.0. The molecule has 0 aromatic heterocycles. The van der Waals surface area contributed by atoms with Crippen LogP contribution in [0.4, 0.5) is 0 Å². The first-order valence-corrected chi connectivity index (χ1v) is 10.4. The number of ether oxygens (including phenoxy) is 3. The van der Waals surface area contributed by atoms with E-state index in [1.165, 1.54) is 4.90 Å². The summed E-state index contributed by atoms with van der Waals surface area (Å²) in [6.45, 7) is 2.73. The van der Waals surface area contributed by atoms with Crippen molar-refractivity contribution in [3.05, 3.63) is 59.1 Å². The van der Waals surface area contributed by atoms with Crippen LogP contribution in [0.2, 0.25) is 5.02 Å². The quantitative estimate of drug-likeness (QED) is 0.504. The molecule has 2 rings (SSSR count). The monoisotopic (exact) mass is 448 g/mol. The molecule has 0 aliphatic carbocycles. The Labute approximate surface area is 188 Å². The van der Waals surface area contributed by atoms with Gasteiger partial charge in [0.15, 0.2) is 6.61 Å². The minimum Gasteiger partial charge on any atom is -0.497 e. The summed E-state index contributed by atoms with van der Waals surface area (Å²) < 4.78 is 15.8. The van der Waals surface area contributed by atoms with Gasteiger partial charge in [0.2, 0.25) is 5.91 Å². The van der Waals surface area contributed by atoms with E-state index in [2.05, 4.69) is 5.32 Å². The van der Waals surface area contributed by atoms with Crippen molar-refractivity contribution in [2.75, 3.05) is 34.0 Å². The molecule has 0 fully saturated rings. The second-order valence-corrected chi connectivity index (χ2v) is 7.31. The first-order valence-electron chi connectivity index (χ1n) is 10.0. The summed E-state index contributed by atoms with van der Waals surface area (Å²) in [5, 5.41) is 3.26. The number of nitrogens with one attached hydrogen (secondary N) is 1. The van der Waals surface area contributed by atoms with E-state index in [1.807, 2.05) is 24.3 Å². The Morgan fingerprint density at radius 3 is 2.45 bits per heavy atom. The molecule has 31 heavy (non-hydrogen) atoms. The lowest BCUT2D eigenvalue weighted by Gasteiger charge is -2.29. The van der Waals surface area contributed by atoms with Crippen LogP contribution in [0.15, 0.2) is 48.5 Å². The van der Waals surface area contributed by atoms with E-state index in [1.54, 1.807) is 45.4 Å². The lowest BCUT2D eigenvalue weighted by Crippen LogP contribution is -2.49. The summed E-state index contributed by atoms with van der Waals surface area (Å²) in [6, 6.07) is 13.6. The molecule has 0 bridgehead atoms. The van der Waals surface area contributed by atoms with Gasteiger partial charge in [-0.15, -0.1) is 0 Å². The zero-order chi connectivity index (χ0) is 22.6. The Kier molecular flexibility index (Phi) is 10.1. The Morgan fingerprint density at radius 2 is 1.81 bits per heavy atom. The third-order valence-corrected chi connectivity index (χ3v) is 5.00. The van der Waals surface area contributed by atoms with E-state index < -0.39 is 6.04 Å². The Bertz CT molecular complexity index is 844. The Balaban J connectivity index is 2.10. The fourth-order valence-electron chi connectivity index (χ4n) is 2.87. The normalized spacial score (nSPS) is 11.5. The van der Waals surface area contributed by atoms with Gasteiger partial charge >= 0.3 is 0 Å². The molecule has 2 amide bonds. The van der Waals surface area contributed by atoms with Gasteiger partial charge in [0.05, 0.1) is 12.1 Å². The van der Waals surface area contributed by atoms with Crippen molar-refractivity contribution in [1.29, 1.82) is 0 Å². The van der Waals surface area contributed by atoms with Crippen LogP contribution >= 0.6 is 11.6 Å². The van der Waals surface area contributed by atoms with E-state index >= 15 is 0 Å². The molecule has 168 valence electrons. The molecule has 0 saturated heterocycles. The van der Waals surface area contributed by atoms with E-state index in [-0.39, 0.29) is 25.0 Å². The number of amides is 2. The van der Waals surface area contributed by atoms with Gasteiger partial charge in [-0.05, 0) is 43.2 Å². The van der Waals surface area contributed by atoms with Crippen molar-refractivity contribution in [2.45, 2.75) is 25.9 Å². The average molecular weight is 449 g/mol. The molecule has 2 aromatic carbocycles. The zero-order valence-electron chi connectivity index (χ0n) is 18.1. The number of methoxy groups -OCH3 is 2. The summed E-state index contributed by atoms with van der Waals surface area (Å²) in [5.74, 6) is 0.567. The van der Waals surface area contributed by atoms with Gasteiger partial charge in [-0.2, -0.15) is 0 Å². The van der Waals surface area contributed by atoms with Crippen LogP contribution in [0.25, 0.3) is 0 Å². The largest absolute Gasteiger partial charge is 0.497 e. The van der Waals surface area contributed by atoms with Crippen molar-refractivity contribution >= 4 is 23.4 Å². The van der Waals surface area contributed by atoms with E-state index in [4.69, 9.17) is 25.8 Å². The number of hydrogen-bond donors (Lipinski definition) is 1. The molecule has 0 saturated carbocycles. The van der Waals surface area contributed by atoms with Gasteiger partial charge in [-0.1, -0.05) is 35.9 Å². The van der Waals surface area contributed by atoms with Crippen LogP contribution in [-0.2, 0) is 20.9 Å². The number of halogens is 1. The molecule has 7 nitrogen and oxygen atoms in total. The molecule has 0 aliphatic heterocycles. The summed E-state index contributed by atoms with van der Waals surface area (Å²) in [4.78, 5) is 27.1. The number of nitrogens with zero attached hydrogens (tertiary/aromatic N) is 1. The number of para-hydroxylation sites is 1. The maximum atomic E-state index is 13.0. The summed E-state index contributed by atoms with van der Waals surface area (Å²) in [7, 11) is 3.20. The highest BCUT2D eigenvalue weighted by Gasteiger charge is 2.26. The van der Waals surface area contributed by atoms with Crippen LogP contribution in [-0.4, -0.2) is 56.7 Å². The van der Waals surface area contributed by atoms with Gasteiger partial charge in [-0.3, -0.25) is 9.59 Å². The Hall–Kier alpha value is -2.77. The van der Waals surface area contributed by atoms with Gasteiger partial charge in [0, 0.05) is 26.8 Å². The third kappa shape index (κ3) is 7.77. The maximum Gasteiger partial charge on any atom is 0.261 e. The van der Waals surface area contributed by atoms with Crippen molar-refractivity contribution in [1.82, 2.24) is 10.2 Å². The minimum atomic E-state index is -0.688. The van der Waals surface area contributed by atoms with Crippen LogP contribution in [0.3, 0.4) is 0 Å². The van der Waals surface area contributed by atoms with Gasteiger partial charge in [0.1, 0.15) is 17.5 Å². The van der Waals surface area contributed by atoms with Gasteiger partial charge < -0.3 is 24.4 Å².